The molecule has 0 radical (unpaired) electrons. The van der Waals surface area contributed by atoms with Crippen LogP contribution >= 0.6 is 0 Å². The van der Waals surface area contributed by atoms with Crippen LogP contribution in [-0.2, 0) is 0 Å². The van der Waals surface area contributed by atoms with Crippen LogP contribution in [0.1, 0.15) is 34.8 Å². The standard InChI is InChI=1S/C10H9N3O2/c14-10(15)7-4-11-9-3-8(6-1-2-6)12-13(9)5-7/h3-6H,1-2H2,(H,14,15). The zero-order valence-corrected chi connectivity index (χ0v) is 7.92. The molecule has 0 aliphatic heterocycles. The van der Waals surface area contributed by atoms with E-state index in [2.05, 4.69) is 10.1 Å². The molecule has 76 valence electrons. The van der Waals surface area contributed by atoms with Gasteiger partial charge in [0.05, 0.1) is 11.3 Å². The third-order valence-electron chi connectivity index (χ3n) is 2.57. The van der Waals surface area contributed by atoms with Gasteiger partial charge in [0.2, 0.25) is 0 Å². The Morgan fingerprint density at radius 3 is 3.00 bits per heavy atom. The summed E-state index contributed by atoms with van der Waals surface area (Å²) < 4.78 is 1.54. The molecule has 0 bridgehead atoms. The number of fused-ring (bicyclic) bond motifs is 1. The van der Waals surface area contributed by atoms with Crippen LogP contribution in [0, 0.1) is 0 Å². The SMILES string of the molecule is O=C(O)c1cnc2cc(C3CC3)nn2c1. The highest BCUT2D eigenvalue weighted by Crippen LogP contribution is 2.39. The number of aromatic carboxylic acids is 1. The molecule has 5 nitrogen and oxygen atoms in total. The van der Waals surface area contributed by atoms with Crippen molar-refractivity contribution in [2.45, 2.75) is 18.8 Å². The van der Waals surface area contributed by atoms with E-state index >= 15 is 0 Å². The molecular weight excluding hydrogens is 194 g/mol. The third-order valence-corrected chi connectivity index (χ3v) is 2.57. The Bertz CT molecular complexity index is 543. The molecule has 1 N–H and O–H groups in total. The molecule has 1 saturated carbocycles. The molecule has 0 unspecified atom stereocenters. The Balaban J connectivity index is 2.13. The third kappa shape index (κ3) is 1.36. The first-order chi connectivity index (χ1) is 7.24. The topological polar surface area (TPSA) is 67.5 Å². The molecule has 1 aliphatic rings. The van der Waals surface area contributed by atoms with Gasteiger partial charge in [0.25, 0.3) is 0 Å². The van der Waals surface area contributed by atoms with Crippen LogP contribution in [0.3, 0.4) is 0 Å². The molecule has 1 aliphatic carbocycles. The van der Waals surface area contributed by atoms with Crippen molar-refractivity contribution >= 4 is 11.6 Å². The molecule has 0 spiro atoms. The first-order valence-corrected chi connectivity index (χ1v) is 4.82. The quantitative estimate of drug-likeness (QED) is 0.798. The molecule has 5 heteroatoms. The summed E-state index contributed by atoms with van der Waals surface area (Å²) in [7, 11) is 0. The van der Waals surface area contributed by atoms with Crippen molar-refractivity contribution in [1.82, 2.24) is 14.6 Å². The number of hydrogen-bond acceptors (Lipinski definition) is 3. The van der Waals surface area contributed by atoms with Gasteiger partial charge in [-0.1, -0.05) is 0 Å². The summed E-state index contributed by atoms with van der Waals surface area (Å²) >= 11 is 0. The van der Waals surface area contributed by atoms with E-state index < -0.39 is 5.97 Å². The normalized spacial score (nSPS) is 15.7. The summed E-state index contributed by atoms with van der Waals surface area (Å²) in [6, 6.07) is 1.92. The second kappa shape index (κ2) is 2.79. The van der Waals surface area contributed by atoms with Crippen molar-refractivity contribution < 1.29 is 9.90 Å². The molecule has 1 fully saturated rings. The van der Waals surface area contributed by atoms with E-state index in [-0.39, 0.29) is 5.56 Å². The molecule has 0 amide bonds. The first kappa shape index (κ1) is 8.40. The average molecular weight is 203 g/mol. The van der Waals surface area contributed by atoms with Gasteiger partial charge in [-0.05, 0) is 12.8 Å². The molecule has 15 heavy (non-hydrogen) atoms. The maximum absolute atomic E-state index is 10.7. The van der Waals surface area contributed by atoms with E-state index in [9.17, 15) is 4.79 Å². The molecule has 0 atom stereocenters. The van der Waals surface area contributed by atoms with Crippen molar-refractivity contribution in [1.29, 1.82) is 0 Å². The van der Waals surface area contributed by atoms with Crippen molar-refractivity contribution in [3.8, 4) is 0 Å². The lowest BCUT2D eigenvalue weighted by atomic mass is 10.3. The molecule has 2 aromatic rings. The minimum absolute atomic E-state index is 0.160. The van der Waals surface area contributed by atoms with Crippen LogP contribution in [0.2, 0.25) is 0 Å². The summed E-state index contributed by atoms with van der Waals surface area (Å²) in [5.74, 6) is -0.423. The van der Waals surface area contributed by atoms with Crippen LogP contribution in [0.5, 0.6) is 0 Å². The summed E-state index contributed by atoms with van der Waals surface area (Å²) in [6.45, 7) is 0. The van der Waals surface area contributed by atoms with Crippen molar-refractivity contribution in [2.24, 2.45) is 0 Å². The van der Waals surface area contributed by atoms with Gasteiger partial charge in [-0.25, -0.2) is 14.3 Å². The van der Waals surface area contributed by atoms with Crippen molar-refractivity contribution in [3.63, 3.8) is 0 Å². The van der Waals surface area contributed by atoms with Gasteiger partial charge >= 0.3 is 5.97 Å². The predicted molar refractivity (Wildman–Crippen MR) is 51.9 cm³/mol. The van der Waals surface area contributed by atoms with E-state index in [1.807, 2.05) is 6.07 Å². The Hall–Kier alpha value is -1.91. The number of nitrogens with zero attached hydrogens (tertiary/aromatic N) is 3. The smallest absolute Gasteiger partial charge is 0.338 e. The summed E-state index contributed by atoms with van der Waals surface area (Å²) in [5, 5.41) is 13.1. The minimum atomic E-state index is -0.979. The van der Waals surface area contributed by atoms with Gasteiger partial charge in [-0.3, -0.25) is 0 Å². The first-order valence-electron chi connectivity index (χ1n) is 4.82. The Morgan fingerprint density at radius 1 is 1.53 bits per heavy atom. The van der Waals surface area contributed by atoms with E-state index in [0.29, 0.717) is 11.6 Å². The number of hydrogen-bond donors (Lipinski definition) is 1. The summed E-state index contributed by atoms with van der Waals surface area (Å²) in [6.07, 6.45) is 5.21. The van der Waals surface area contributed by atoms with Crippen molar-refractivity contribution in [3.05, 3.63) is 29.7 Å². The summed E-state index contributed by atoms with van der Waals surface area (Å²) in [5.41, 5.74) is 1.89. The fourth-order valence-electron chi connectivity index (χ4n) is 1.58. The monoisotopic (exact) mass is 203 g/mol. The highest BCUT2D eigenvalue weighted by molar-refractivity contribution is 5.87. The highest BCUT2D eigenvalue weighted by Gasteiger charge is 2.26. The second-order valence-corrected chi connectivity index (χ2v) is 3.79. The van der Waals surface area contributed by atoms with Crippen molar-refractivity contribution in [2.75, 3.05) is 0 Å². The molecule has 2 aromatic heterocycles. The van der Waals surface area contributed by atoms with Gasteiger partial charge in [0, 0.05) is 24.4 Å². The molecule has 0 saturated heterocycles. The lowest BCUT2D eigenvalue weighted by molar-refractivity contribution is 0.0695. The zero-order chi connectivity index (χ0) is 10.4. The number of aromatic nitrogens is 3. The van der Waals surface area contributed by atoms with Gasteiger partial charge in [-0.15, -0.1) is 0 Å². The average Bonchev–Trinajstić information content (AvgIpc) is 2.97. The fourth-order valence-corrected chi connectivity index (χ4v) is 1.58. The Morgan fingerprint density at radius 2 is 2.33 bits per heavy atom. The lowest BCUT2D eigenvalue weighted by Gasteiger charge is -1.94. The van der Waals surface area contributed by atoms with Crippen LogP contribution < -0.4 is 0 Å². The zero-order valence-electron chi connectivity index (χ0n) is 7.92. The lowest BCUT2D eigenvalue weighted by Crippen LogP contribution is -2.01. The highest BCUT2D eigenvalue weighted by atomic mass is 16.4. The number of carboxylic acid groups (broad SMARTS) is 1. The van der Waals surface area contributed by atoms with Gasteiger partial charge in [0.1, 0.15) is 0 Å². The number of carbonyl (C=O) groups is 1. The largest absolute Gasteiger partial charge is 0.478 e. The second-order valence-electron chi connectivity index (χ2n) is 3.79. The molecule has 0 aromatic carbocycles. The van der Waals surface area contributed by atoms with E-state index in [0.717, 1.165) is 5.69 Å². The maximum Gasteiger partial charge on any atom is 0.338 e. The van der Waals surface area contributed by atoms with E-state index in [1.165, 1.54) is 29.8 Å². The van der Waals surface area contributed by atoms with Crippen LogP contribution in [-0.4, -0.2) is 25.7 Å². The van der Waals surface area contributed by atoms with E-state index in [1.54, 1.807) is 0 Å². The summed E-state index contributed by atoms with van der Waals surface area (Å²) in [4.78, 5) is 14.8. The Kier molecular flexibility index (Phi) is 1.56. The van der Waals surface area contributed by atoms with Crippen LogP contribution in [0.15, 0.2) is 18.5 Å². The molecular formula is C10H9N3O2. The van der Waals surface area contributed by atoms with Crippen LogP contribution in [0.25, 0.3) is 5.65 Å². The van der Waals surface area contributed by atoms with Gasteiger partial charge in [0.15, 0.2) is 5.65 Å². The van der Waals surface area contributed by atoms with Gasteiger partial charge in [-0.2, -0.15) is 5.10 Å². The van der Waals surface area contributed by atoms with Crippen LogP contribution in [0.4, 0.5) is 0 Å². The van der Waals surface area contributed by atoms with E-state index in [4.69, 9.17) is 5.11 Å². The number of carboxylic acids is 1. The fraction of sp³-hybridized carbons (Fsp3) is 0.300. The molecule has 2 heterocycles. The number of rotatable bonds is 2. The predicted octanol–water partition coefficient (Wildman–Crippen LogP) is 1.30. The minimum Gasteiger partial charge on any atom is -0.478 e. The van der Waals surface area contributed by atoms with Gasteiger partial charge < -0.3 is 5.11 Å². The molecule has 3 rings (SSSR count). The Labute approximate surface area is 85.4 Å². The maximum atomic E-state index is 10.7.